The standard InChI is InChI=1S/C15H13NO2/c1-16(14-6-2-12(10-17)3-7-14)15-8-4-13(11-18)5-9-15/h2-11H,1H3. The third kappa shape index (κ3) is 2.46. The topological polar surface area (TPSA) is 37.4 Å². The summed E-state index contributed by atoms with van der Waals surface area (Å²) >= 11 is 0. The predicted octanol–water partition coefficient (Wildman–Crippen LogP) is 3.08. The Bertz CT molecular complexity index is 492. The van der Waals surface area contributed by atoms with E-state index >= 15 is 0 Å². The highest BCUT2D eigenvalue weighted by atomic mass is 16.1. The molecule has 0 bridgehead atoms. The third-order valence-corrected chi connectivity index (χ3v) is 2.83. The maximum atomic E-state index is 10.6. The van der Waals surface area contributed by atoms with Crippen LogP contribution >= 0.6 is 0 Å². The summed E-state index contributed by atoms with van der Waals surface area (Å²) in [5.74, 6) is 0. The molecule has 0 aliphatic heterocycles. The summed E-state index contributed by atoms with van der Waals surface area (Å²) in [7, 11) is 1.94. The number of carbonyl (C=O) groups excluding carboxylic acids is 2. The van der Waals surface area contributed by atoms with Crippen molar-refractivity contribution in [2.45, 2.75) is 0 Å². The minimum Gasteiger partial charge on any atom is -0.345 e. The first-order chi connectivity index (χ1) is 8.74. The number of aldehydes is 2. The zero-order chi connectivity index (χ0) is 13.0. The molecule has 0 amide bonds. The van der Waals surface area contributed by atoms with Crippen molar-refractivity contribution in [1.82, 2.24) is 0 Å². The molecule has 2 rings (SSSR count). The molecule has 0 radical (unpaired) electrons. The number of nitrogens with zero attached hydrogens (tertiary/aromatic N) is 1. The van der Waals surface area contributed by atoms with Gasteiger partial charge in [0.1, 0.15) is 12.6 Å². The van der Waals surface area contributed by atoms with Crippen LogP contribution in [0.2, 0.25) is 0 Å². The molecule has 90 valence electrons. The largest absolute Gasteiger partial charge is 0.345 e. The molecule has 0 unspecified atom stereocenters. The molecule has 0 saturated carbocycles. The van der Waals surface area contributed by atoms with E-state index in [1.54, 1.807) is 24.3 Å². The Morgan fingerprint density at radius 1 is 0.722 bits per heavy atom. The fourth-order valence-corrected chi connectivity index (χ4v) is 1.70. The van der Waals surface area contributed by atoms with Gasteiger partial charge in [-0.25, -0.2) is 0 Å². The van der Waals surface area contributed by atoms with Crippen molar-refractivity contribution in [1.29, 1.82) is 0 Å². The zero-order valence-electron chi connectivity index (χ0n) is 10.0. The molecule has 0 saturated heterocycles. The number of hydrogen-bond donors (Lipinski definition) is 0. The molecule has 0 aliphatic carbocycles. The van der Waals surface area contributed by atoms with Crippen LogP contribution in [0.1, 0.15) is 20.7 Å². The van der Waals surface area contributed by atoms with E-state index < -0.39 is 0 Å². The van der Waals surface area contributed by atoms with Crippen LogP contribution in [0.25, 0.3) is 0 Å². The van der Waals surface area contributed by atoms with Gasteiger partial charge >= 0.3 is 0 Å². The van der Waals surface area contributed by atoms with Crippen LogP contribution in [-0.4, -0.2) is 19.6 Å². The SMILES string of the molecule is CN(c1ccc(C=O)cc1)c1ccc(C=O)cc1. The molecular formula is C15H13NO2. The molecule has 0 fully saturated rings. The lowest BCUT2D eigenvalue weighted by molar-refractivity contribution is 0.111. The van der Waals surface area contributed by atoms with Gasteiger partial charge in [0.2, 0.25) is 0 Å². The molecule has 0 aromatic heterocycles. The molecule has 3 heteroatoms. The third-order valence-electron chi connectivity index (χ3n) is 2.83. The fraction of sp³-hybridized carbons (Fsp3) is 0.0667. The van der Waals surface area contributed by atoms with Gasteiger partial charge < -0.3 is 4.90 Å². The molecular weight excluding hydrogens is 226 g/mol. The number of rotatable bonds is 4. The lowest BCUT2D eigenvalue weighted by Crippen LogP contribution is -2.09. The van der Waals surface area contributed by atoms with Crippen molar-refractivity contribution in [3.63, 3.8) is 0 Å². The predicted molar refractivity (Wildman–Crippen MR) is 71.7 cm³/mol. The Labute approximate surface area is 106 Å². The summed E-state index contributed by atoms with van der Waals surface area (Å²) in [6.07, 6.45) is 1.64. The van der Waals surface area contributed by atoms with Crippen molar-refractivity contribution >= 4 is 23.9 Å². The van der Waals surface area contributed by atoms with Crippen LogP contribution in [0.5, 0.6) is 0 Å². The van der Waals surface area contributed by atoms with Crippen LogP contribution in [0.4, 0.5) is 11.4 Å². The lowest BCUT2D eigenvalue weighted by Gasteiger charge is -2.19. The van der Waals surface area contributed by atoms with E-state index in [-0.39, 0.29) is 0 Å². The second kappa shape index (κ2) is 5.27. The minimum atomic E-state index is 0.656. The summed E-state index contributed by atoms with van der Waals surface area (Å²) in [6.45, 7) is 0. The van der Waals surface area contributed by atoms with Crippen LogP contribution in [0.15, 0.2) is 48.5 Å². The van der Waals surface area contributed by atoms with E-state index in [4.69, 9.17) is 0 Å². The Morgan fingerprint density at radius 3 is 1.33 bits per heavy atom. The highest BCUT2D eigenvalue weighted by molar-refractivity contribution is 5.78. The molecule has 0 spiro atoms. The van der Waals surface area contributed by atoms with Crippen molar-refractivity contribution in [2.75, 3.05) is 11.9 Å². The molecule has 0 atom stereocenters. The van der Waals surface area contributed by atoms with Gasteiger partial charge in [-0.05, 0) is 48.5 Å². The zero-order valence-corrected chi connectivity index (χ0v) is 10.0. The lowest BCUT2D eigenvalue weighted by atomic mass is 10.2. The summed E-state index contributed by atoms with van der Waals surface area (Å²) < 4.78 is 0. The average molecular weight is 239 g/mol. The van der Waals surface area contributed by atoms with E-state index in [9.17, 15) is 9.59 Å². The van der Waals surface area contributed by atoms with Gasteiger partial charge in [-0.3, -0.25) is 9.59 Å². The van der Waals surface area contributed by atoms with Gasteiger partial charge in [0.15, 0.2) is 0 Å². The molecule has 2 aromatic rings. The first-order valence-corrected chi connectivity index (χ1v) is 5.59. The molecule has 0 aliphatic rings. The number of hydrogen-bond acceptors (Lipinski definition) is 3. The van der Waals surface area contributed by atoms with E-state index in [0.717, 1.165) is 23.9 Å². The van der Waals surface area contributed by atoms with Gasteiger partial charge in [0.05, 0.1) is 0 Å². The second-order valence-electron chi connectivity index (χ2n) is 3.98. The van der Waals surface area contributed by atoms with Gasteiger partial charge in [-0.2, -0.15) is 0 Å². The highest BCUT2D eigenvalue weighted by Gasteiger charge is 2.03. The molecule has 2 aromatic carbocycles. The van der Waals surface area contributed by atoms with Crippen LogP contribution < -0.4 is 4.90 Å². The van der Waals surface area contributed by atoms with Gasteiger partial charge in [-0.15, -0.1) is 0 Å². The Balaban J connectivity index is 2.25. The molecule has 3 nitrogen and oxygen atoms in total. The first kappa shape index (κ1) is 12.0. The van der Waals surface area contributed by atoms with Crippen molar-refractivity contribution < 1.29 is 9.59 Å². The summed E-state index contributed by atoms with van der Waals surface area (Å²) in [6, 6.07) is 14.7. The van der Waals surface area contributed by atoms with Crippen LogP contribution in [0.3, 0.4) is 0 Å². The normalized spacial score (nSPS) is 9.83. The monoisotopic (exact) mass is 239 g/mol. The highest BCUT2D eigenvalue weighted by Crippen LogP contribution is 2.23. The van der Waals surface area contributed by atoms with Crippen molar-refractivity contribution in [3.05, 3.63) is 59.7 Å². The van der Waals surface area contributed by atoms with E-state index in [2.05, 4.69) is 0 Å². The maximum absolute atomic E-state index is 10.6. The average Bonchev–Trinajstić information content (AvgIpc) is 2.47. The van der Waals surface area contributed by atoms with Crippen molar-refractivity contribution in [2.24, 2.45) is 0 Å². The smallest absolute Gasteiger partial charge is 0.150 e. The Morgan fingerprint density at radius 2 is 1.06 bits per heavy atom. The quantitative estimate of drug-likeness (QED) is 0.769. The van der Waals surface area contributed by atoms with E-state index in [1.807, 2.05) is 36.2 Å². The molecule has 0 heterocycles. The van der Waals surface area contributed by atoms with Gasteiger partial charge in [-0.1, -0.05) is 0 Å². The van der Waals surface area contributed by atoms with Crippen LogP contribution in [0, 0.1) is 0 Å². The minimum absolute atomic E-state index is 0.656. The van der Waals surface area contributed by atoms with E-state index in [1.165, 1.54) is 0 Å². The number of carbonyl (C=O) groups is 2. The Hall–Kier alpha value is -2.42. The second-order valence-corrected chi connectivity index (χ2v) is 3.98. The molecule has 18 heavy (non-hydrogen) atoms. The summed E-state index contributed by atoms with van der Waals surface area (Å²) in [5.41, 5.74) is 3.28. The van der Waals surface area contributed by atoms with Gasteiger partial charge in [0, 0.05) is 29.5 Å². The summed E-state index contributed by atoms with van der Waals surface area (Å²) in [5, 5.41) is 0. The number of anilines is 2. The number of benzene rings is 2. The molecule has 0 N–H and O–H groups in total. The van der Waals surface area contributed by atoms with Crippen LogP contribution in [-0.2, 0) is 0 Å². The summed E-state index contributed by atoms with van der Waals surface area (Å²) in [4.78, 5) is 23.2. The maximum Gasteiger partial charge on any atom is 0.150 e. The van der Waals surface area contributed by atoms with E-state index in [0.29, 0.717) is 11.1 Å². The fourth-order valence-electron chi connectivity index (χ4n) is 1.70. The van der Waals surface area contributed by atoms with Crippen molar-refractivity contribution in [3.8, 4) is 0 Å². The first-order valence-electron chi connectivity index (χ1n) is 5.59. The Kier molecular flexibility index (Phi) is 3.53. The van der Waals surface area contributed by atoms with Gasteiger partial charge in [0.25, 0.3) is 0 Å².